The molecular formula is C25H32N8O4. The molecular weight excluding hydrogens is 476 g/mol. The Kier molecular flexibility index (Phi) is 6.12. The zero-order valence-corrected chi connectivity index (χ0v) is 22.0. The van der Waals surface area contributed by atoms with Crippen LogP contribution >= 0.6 is 0 Å². The number of aryl methyl sites for hydroxylation is 2. The van der Waals surface area contributed by atoms with E-state index in [1.165, 1.54) is 13.3 Å². The van der Waals surface area contributed by atoms with Crippen LogP contribution in [0.4, 0.5) is 16.6 Å². The Morgan fingerprint density at radius 2 is 1.73 bits per heavy atom. The maximum Gasteiger partial charge on any atom is 0.410 e. The summed E-state index contributed by atoms with van der Waals surface area (Å²) in [6.45, 7) is 12.1. The number of nitrogens with one attached hydrogen (secondary N) is 1. The average Bonchev–Trinajstić information content (AvgIpc) is 3.50. The third-order valence-corrected chi connectivity index (χ3v) is 6.57. The molecule has 1 N–H and O–H groups in total. The first kappa shape index (κ1) is 24.7. The van der Waals surface area contributed by atoms with Crippen molar-refractivity contribution in [3.8, 4) is 5.88 Å². The lowest BCUT2D eigenvalue weighted by molar-refractivity contribution is 0.0282. The van der Waals surface area contributed by atoms with Crippen molar-refractivity contribution in [2.45, 2.75) is 40.2 Å². The van der Waals surface area contributed by atoms with Crippen LogP contribution in [0.3, 0.4) is 0 Å². The fraction of sp³-hybridized carbons (Fsp3) is 0.520. The largest absolute Gasteiger partial charge is 0.480 e. The molecule has 5 heterocycles. The molecule has 2 atom stereocenters. The number of amides is 2. The topological polar surface area (TPSA) is 127 Å². The molecule has 37 heavy (non-hydrogen) atoms. The lowest BCUT2D eigenvalue weighted by Crippen LogP contribution is -2.37. The molecule has 0 aromatic carbocycles. The average molecular weight is 509 g/mol. The van der Waals surface area contributed by atoms with Crippen LogP contribution in [0.2, 0.25) is 0 Å². The minimum atomic E-state index is -0.514. The molecule has 0 radical (unpaired) electrons. The molecule has 2 aliphatic rings. The van der Waals surface area contributed by atoms with Crippen molar-refractivity contribution in [1.29, 1.82) is 0 Å². The van der Waals surface area contributed by atoms with Gasteiger partial charge in [0, 0.05) is 50.4 Å². The second-order valence-electron chi connectivity index (χ2n) is 10.7. The monoisotopic (exact) mass is 508 g/mol. The number of rotatable bonds is 4. The molecule has 12 nitrogen and oxygen atoms in total. The Hall–Kier alpha value is -3.96. The molecule has 0 aliphatic carbocycles. The van der Waals surface area contributed by atoms with E-state index in [2.05, 4.69) is 30.2 Å². The highest BCUT2D eigenvalue weighted by atomic mass is 16.6. The van der Waals surface area contributed by atoms with E-state index in [1.807, 2.05) is 45.2 Å². The zero-order valence-electron chi connectivity index (χ0n) is 22.0. The molecule has 3 aromatic heterocycles. The predicted molar refractivity (Wildman–Crippen MR) is 136 cm³/mol. The van der Waals surface area contributed by atoms with Crippen molar-refractivity contribution in [2.24, 2.45) is 11.8 Å². The van der Waals surface area contributed by atoms with E-state index < -0.39 is 11.5 Å². The molecule has 0 bridgehead atoms. The number of aromatic nitrogens is 5. The number of methoxy groups -OCH3 is 1. The summed E-state index contributed by atoms with van der Waals surface area (Å²) < 4.78 is 12.8. The maximum absolute atomic E-state index is 13.0. The van der Waals surface area contributed by atoms with Crippen LogP contribution in [-0.4, -0.2) is 80.1 Å². The first-order chi connectivity index (χ1) is 17.5. The Morgan fingerprint density at radius 3 is 2.38 bits per heavy atom. The Labute approximate surface area is 215 Å². The van der Waals surface area contributed by atoms with Gasteiger partial charge in [-0.3, -0.25) is 4.79 Å². The number of nitrogens with zero attached hydrogens (tertiary/aromatic N) is 7. The Morgan fingerprint density at radius 1 is 1.03 bits per heavy atom. The highest BCUT2D eigenvalue weighted by Gasteiger charge is 2.43. The number of carbonyl (C=O) groups is 2. The summed E-state index contributed by atoms with van der Waals surface area (Å²) in [5.41, 5.74) is 2.00. The second-order valence-corrected chi connectivity index (χ2v) is 10.7. The first-order valence-electron chi connectivity index (χ1n) is 12.3. The normalized spacial score (nSPS) is 19.3. The van der Waals surface area contributed by atoms with E-state index >= 15 is 0 Å². The van der Waals surface area contributed by atoms with Crippen LogP contribution in [0.15, 0.2) is 18.6 Å². The molecule has 196 valence electrons. The van der Waals surface area contributed by atoms with Gasteiger partial charge in [0.05, 0.1) is 24.7 Å². The summed E-state index contributed by atoms with van der Waals surface area (Å²) >= 11 is 0. The number of carbonyl (C=O) groups excluding carboxylic acids is 2. The van der Waals surface area contributed by atoms with Crippen molar-refractivity contribution in [1.82, 2.24) is 29.2 Å². The third kappa shape index (κ3) is 5.00. The van der Waals surface area contributed by atoms with Gasteiger partial charge in [0.2, 0.25) is 11.8 Å². The molecule has 2 fully saturated rings. The van der Waals surface area contributed by atoms with Crippen molar-refractivity contribution in [2.75, 3.05) is 43.5 Å². The number of ether oxygens (including phenoxy) is 2. The standard InChI is InChI=1S/C25H32N8O4/c1-14-8-31-13-19(28-15(2)20(31)27-14)29-21(34)18-7-26-23(30-22(18)36-6)32-9-16-11-33(12-17(16)10-32)24(35)37-25(3,4)5/h7-8,13,16-17H,9-12H2,1-6H3,(H,29,34). The van der Waals surface area contributed by atoms with Gasteiger partial charge in [-0.1, -0.05) is 0 Å². The minimum Gasteiger partial charge on any atom is -0.480 e. The van der Waals surface area contributed by atoms with Gasteiger partial charge in [-0.05, 0) is 34.6 Å². The highest BCUT2D eigenvalue weighted by Crippen LogP contribution is 2.34. The van der Waals surface area contributed by atoms with Crippen LogP contribution in [-0.2, 0) is 4.74 Å². The van der Waals surface area contributed by atoms with E-state index in [-0.39, 0.29) is 17.5 Å². The number of imidazole rings is 1. The quantitative estimate of drug-likeness (QED) is 0.566. The molecule has 5 rings (SSSR count). The van der Waals surface area contributed by atoms with Gasteiger partial charge in [0.15, 0.2) is 5.65 Å². The fourth-order valence-electron chi connectivity index (χ4n) is 4.97. The summed E-state index contributed by atoms with van der Waals surface area (Å²) in [6.07, 6.45) is 4.79. The van der Waals surface area contributed by atoms with Gasteiger partial charge in [0.1, 0.15) is 17.0 Å². The summed E-state index contributed by atoms with van der Waals surface area (Å²) in [4.78, 5) is 47.2. The van der Waals surface area contributed by atoms with Gasteiger partial charge in [-0.25, -0.2) is 19.7 Å². The SMILES string of the molecule is COc1nc(N2CC3CN(C(=O)OC(C)(C)C)CC3C2)ncc1C(=O)Nc1cn2cc(C)nc2c(C)n1. The second kappa shape index (κ2) is 9.16. The van der Waals surface area contributed by atoms with Crippen LogP contribution in [0.1, 0.15) is 42.5 Å². The lowest BCUT2D eigenvalue weighted by Gasteiger charge is -2.26. The smallest absolute Gasteiger partial charge is 0.410 e. The number of fused-ring (bicyclic) bond motifs is 2. The van der Waals surface area contributed by atoms with Gasteiger partial charge < -0.3 is 29.0 Å². The van der Waals surface area contributed by atoms with Gasteiger partial charge >= 0.3 is 6.09 Å². The van der Waals surface area contributed by atoms with Crippen molar-refractivity contribution >= 4 is 29.4 Å². The third-order valence-electron chi connectivity index (χ3n) is 6.57. The molecule has 2 aliphatic heterocycles. The number of anilines is 2. The van der Waals surface area contributed by atoms with Crippen LogP contribution in [0, 0.1) is 25.7 Å². The van der Waals surface area contributed by atoms with Crippen LogP contribution < -0.4 is 15.0 Å². The molecule has 3 aromatic rings. The van der Waals surface area contributed by atoms with Gasteiger partial charge in [-0.2, -0.15) is 4.98 Å². The van der Waals surface area contributed by atoms with E-state index in [9.17, 15) is 9.59 Å². The number of likely N-dealkylation sites (tertiary alicyclic amines) is 1. The lowest BCUT2D eigenvalue weighted by atomic mass is 10.0. The van der Waals surface area contributed by atoms with Crippen molar-refractivity contribution < 1.29 is 19.1 Å². The van der Waals surface area contributed by atoms with Gasteiger partial charge in [0.25, 0.3) is 5.91 Å². The molecule has 0 spiro atoms. The van der Waals surface area contributed by atoms with E-state index in [0.29, 0.717) is 55.5 Å². The number of hydrogen-bond acceptors (Lipinski definition) is 9. The number of hydrogen-bond donors (Lipinski definition) is 1. The molecule has 2 amide bonds. The minimum absolute atomic E-state index is 0.186. The molecule has 0 saturated carbocycles. The van der Waals surface area contributed by atoms with Crippen molar-refractivity contribution in [3.05, 3.63) is 35.5 Å². The predicted octanol–water partition coefficient (Wildman–Crippen LogP) is 2.70. The van der Waals surface area contributed by atoms with E-state index in [0.717, 1.165) is 11.3 Å². The summed E-state index contributed by atoms with van der Waals surface area (Å²) in [7, 11) is 1.48. The van der Waals surface area contributed by atoms with E-state index in [1.54, 1.807) is 11.1 Å². The Balaban J connectivity index is 1.26. The van der Waals surface area contributed by atoms with E-state index in [4.69, 9.17) is 9.47 Å². The zero-order chi connectivity index (χ0) is 26.5. The summed E-state index contributed by atoms with van der Waals surface area (Å²) in [5, 5.41) is 2.81. The fourth-order valence-corrected chi connectivity index (χ4v) is 4.97. The molecule has 12 heteroatoms. The van der Waals surface area contributed by atoms with Gasteiger partial charge in [-0.15, -0.1) is 0 Å². The molecule has 2 unspecified atom stereocenters. The Bertz CT molecular complexity index is 1350. The molecule has 2 saturated heterocycles. The summed E-state index contributed by atoms with van der Waals surface area (Å²) in [5.74, 6) is 1.27. The summed E-state index contributed by atoms with van der Waals surface area (Å²) in [6, 6.07) is 0. The van der Waals surface area contributed by atoms with Crippen molar-refractivity contribution in [3.63, 3.8) is 0 Å². The van der Waals surface area contributed by atoms with Crippen LogP contribution in [0.25, 0.3) is 5.65 Å². The van der Waals surface area contributed by atoms with Crippen LogP contribution in [0.5, 0.6) is 5.88 Å². The maximum atomic E-state index is 13.0. The highest BCUT2D eigenvalue weighted by molar-refractivity contribution is 6.05. The first-order valence-corrected chi connectivity index (χ1v) is 12.3.